The first-order chi connectivity index (χ1) is 11.7. The molecule has 0 unspecified atom stereocenters. The summed E-state index contributed by atoms with van der Waals surface area (Å²) in [5, 5.41) is 3.64. The van der Waals surface area contributed by atoms with Crippen LogP contribution in [0.15, 0.2) is 29.2 Å². The predicted octanol–water partition coefficient (Wildman–Crippen LogP) is 2.02. The Morgan fingerprint density at radius 1 is 1.12 bits per heavy atom. The third-order valence-corrected chi connectivity index (χ3v) is 6.21. The molecule has 0 bridgehead atoms. The van der Waals surface area contributed by atoms with Gasteiger partial charge in [0.1, 0.15) is 0 Å². The van der Waals surface area contributed by atoms with Crippen LogP contribution < -0.4 is 16.2 Å². The summed E-state index contributed by atoms with van der Waals surface area (Å²) >= 11 is 5.25. The Balaban J connectivity index is 1.86. The first-order valence-electron chi connectivity index (χ1n) is 8.35. The number of hydrogen-bond acceptors (Lipinski definition) is 4. The summed E-state index contributed by atoms with van der Waals surface area (Å²) in [6.07, 6.45) is 4.60. The average molecular weight is 384 g/mol. The van der Waals surface area contributed by atoms with E-state index in [-0.39, 0.29) is 10.8 Å². The van der Waals surface area contributed by atoms with E-state index >= 15 is 0 Å². The Morgan fingerprint density at radius 3 is 2.36 bits per heavy atom. The van der Waals surface area contributed by atoms with Crippen LogP contribution in [0.25, 0.3) is 0 Å². The number of sulfone groups is 1. The Kier molecular flexibility index (Phi) is 6.40. The quantitative estimate of drug-likeness (QED) is 0.547. The van der Waals surface area contributed by atoms with E-state index in [0.29, 0.717) is 28.6 Å². The number of hydrogen-bond donors (Lipinski definition) is 3. The van der Waals surface area contributed by atoms with Crippen LogP contribution in [-0.2, 0) is 9.84 Å². The average Bonchev–Trinajstić information content (AvgIpc) is 2.56. The van der Waals surface area contributed by atoms with E-state index in [4.69, 9.17) is 12.2 Å². The van der Waals surface area contributed by atoms with E-state index in [2.05, 4.69) is 30.0 Å². The van der Waals surface area contributed by atoms with Gasteiger partial charge in [0.15, 0.2) is 14.9 Å². The topological polar surface area (TPSA) is 87.3 Å². The second kappa shape index (κ2) is 8.14. The van der Waals surface area contributed by atoms with Gasteiger partial charge in [0.25, 0.3) is 5.91 Å². The number of benzene rings is 1. The molecular weight excluding hydrogens is 358 g/mol. The van der Waals surface area contributed by atoms with Crippen LogP contribution in [0.4, 0.5) is 0 Å². The summed E-state index contributed by atoms with van der Waals surface area (Å²) < 4.78 is 22.9. The summed E-state index contributed by atoms with van der Waals surface area (Å²) in [5.41, 5.74) is 5.59. The summed E-state index contributed by atoms with van der Waals surface area (Å²) in [4.78, 5) is 12.3. The van der Waals surface area contributed by atoms with Crippen molar-refractivity contribution < 1.29 is 13.2 Å². The van der Waals surface area contributed by atoms with Gasteiger partial charge in [-0.1, -0.05) is 26.7 Å². The van der Waals surface area contributed by atoms with Gasteiger partial charge in [-0.2, -0.15) is 0 Å². The fourth-order valence-electron chi connectivity index (χ4n) is 3.03. The smallest absolute Gasteiger partial charge is 0.269 e. The molecule has 1 aromatic rings. The second-order valence-corrected chi connectivity index (χ2v) is 9.15. The van der Waals surface area contributed by atoms with Crippen LogP contribution >= 0.6 is 12.2 Å². The third kappa shape index (κ3) is 5.40. The van der Waals surface area contributed by atoms with Crippen molar-refractivity contribution in [2.45, 2.75) is 44.0 Å². The second-order valence-electron chi connectivity index (χ2n) is 6.72. The first kappa shape index (κ1) is 19.7. The number of carbonyl (C=O) groups is 1. The Bertz CT molecular complexity index is 732. The van der Waals surface area contributed by atoms with E-state index in [9.17, 15) is 13.2 Å². The SMILES string of the molecule is C[C@H]1[C@@H](NC(=S)NNC(=O)c2ccc(S(C)(=O)=O)cc2)CCC[C@@H]1C. The molecule has 1 fully saturated rings. The van der Waals surface area contributed by atoms with Crippen LogP contribution in [0, 0.1) is 11.8 Å². The highest BCUT2D eigenvalue weighted by Gasteiger charge is 2.27. The van der Waals surface area contributed by atoms with E-state index < -0.39 is 9.84 Å². The highest BCUT2D eigenvalue weighted by molar-refractivity contribution is 7.90. The predicted molar refractivity (Wildman–Crippen MR) is 102 cm³/mol. The Morgan fingerprint density at radius 2 is 1.76 bits per heavy atom. The maximum absolute atomic E-state index is 12.1. The Labute approximate surface area is 154 Å². The fourth-order valence-corrected chi connectivity index (χ4v) is 3.86. The first-order valence-corrected chi connectivity index (χ1v) is 10.7. The van der Waals surface area contributed by atoms with Gasteiger partial charge >= 0.3 is 0 Å². The van der Waals surface area contributed by atoms with Crippen molar-refractivity contribution in [3.8, 4) is 0 Å². The van der Waals surface area contributed by atoms with Crippen molar-refractivity contribution in [2.75, 3.05) is 6.26 Å². The van der Waals surface area contributed by atoms with Gasteiger partial charge in [-0.3, -0.25) is 15.6 Å². The van der Waals surface area contributed by atoms with E-state index in [1.807, 2.05) is 0 Å². The molecule has 2 rings (SSSR count). The highest BCUT2D eigenvalue weighted by atomic mass is 32.2. The zero-order valence-corrected chi connectivity index (χ0v) is 16.3. The molecule has 0 aliphatic heterocycles. The molecule has 0 saturated heterocycles. The van der Waals surface area contributed by atoms with Crippen LogP contribution in [-0.4, -0.2) is 31.7 Å². The van der Waals surface area contributed by atoms with Crippen molar-refractivity contribution in [3.05, 3.63) is 29.8 Å². The van der Waals surface area contributed by atoms with Gasteiger partial charge in [-0.25, -0.2) is 8.42 Å². The molecule has 1 amide bonds. The van der Waals surface area contributed by atoms with E-state index in [1.165, 1.54) is 37.1 Å². The molecule has 1 aliphatic rings. The highest BCUT2D eigenvalue weighted by Crippen LogP contribution is 2.29. The van der Waals surface area contributed by atoms with Crippen LogP contribution in [0.5, 0.6) is 0 Å². The van der Waals surface area contributed by atoms with Gasteiger partial charge in [-0.15, -0.1) is 0 Å². The molecule has 8 heteroatoms. The monoisotopic (exact) mass is 383 g/mol. The molecule has 3 N–H and O–H groups in total. The molecule has 3 atom stereocenters. The lowest BCUT2D eigenvalue weighted by molar-refractivity contribution is 0.0943. The lowest BCUT2D eigenvalue weighted by Crippen LogP contribution is -2.52. The fraction of sp³-hybridized carbons (Fsp3) is 0.529. The minimum Gasteiger partial charge on any atom is -0.358 e. The molecule has 1 aromatic carbocycles. The van der Waals surface area contributed by atoms with Crippen molar-refractivity contribution in [1.82, 2.24) is 16.2 Å². The van der Waals surface area contributed by atoms with Crippen molar-refractivity contribution in [2.24, 2.45) is 11.8 Å². The van der Waals surface area contributed by atoms with Crippen LogP contribution in [0.2, 0.25) is 0 Å². The van der Waals surface area contributed by atoms with Crippen molar-refractivity contribution in [1.29, 1.82) is 0 Å². The summed E-state index contributed by atoms with van der Waals surface area (Å²) in [5.74, 6) is 0.791. The van der Waals surface area contributed by atoms with Gasteiger partial charge < -0.3 is 5.32 Å². The largest absolute Gasteiger partial charge is 0.358 e. The maximum Gasteiger partial charge on any atom is 0.269 e. The summed E-state index contributed by atoms with van der Waals surface area (Å²) in [6, 6.07) is 6.05. The third-order valence-electron chi connectivity index (χ3n) is 4.86. The number of thiocarbonyl (C=S) groups is 1. The number of rotatable bonds is 3. The lowest BCUT2D eigenvalue weighted by atomic mass is 9.78. The molecule has 138 valence electrons. The van der Waals surface area contributed by atoms with E-state index in [1.54, 1.807) is 0 Å². The zero-order chi connectivity index (χ0) is 18.6. The molecule has 0 heterocycles. The van der Waals surface area contributed by atoms with Gasteiger partial charge in [0.2, 0.25) is 0 Å². The standard InChI is InChI=1S/C17H25N3O3S2/c1-11-5-4-6-15(12(11)2)18-17(24)20-19-16(21)13-7-9-14(10-8-13)25(3,22)23/h7-12,15H,4-6H2,1-3H3,(H,19,21)(H2,18,20,24)/t11-,12+,15-/m0/s1. The number of carbonyl (C=O) groups excluding carboxylic acids is 1. The van der Waals surface area contributed by atoms with Crippen molar-refractivity contribution in [3.63, 3.8) is 0 Å². The maximum atomic E-state index is 12.1. The molecule has 6 nitrogen and oxygen atoms in total. The summed E-state index contributed by atoms with van der Waals surface area (Å²) in [6.45, 7) is 4.46. The molecule has 25 heavy (non-hydrogen) atoms. The van der Waals surface area contributed by atoms with Crippen LogP contribution in [0.1, 0.15) is 43.5 Å². The minimum atomic E-state index is -3.28. The van der Waals surface area contributed by atoms with Gasteiger partial charge in [0, 0.05) is 17.9 Å². The molecule has 1 aliphatic carbocycles. The number of hydrazine groups is 1. The van der Waals surface area contributed by atoms with Gasteiger partial charge in [-0.05, 0) is 54.7 Å². The van der Waals surface area contributed by atoms with Crippen molar-refractivity contribution >= 4 is 33.1 Å². The number of amides is 1. The zero-order valence-electron chi connectivity index (χ0n) is 14.7. The summed E-state index contributed by atoms with van der Waals surface area (Å²) in [7, 11) is -3.28. The lowest BCUT2D eigenvalue weighted by Gasteiger charge is -2.35. The Hall–Kier alpha value is -1.67. The molecule has 0 aromatic heterocycles. The van der Waals surface area contributed by atoms with E-state index in [0.717, 1.165) is 12.7 Å². The molecule has 1 saturated carbocycles. The number of nitrogens with one attached hydrogen (secondary N) is 3. The molecule has 0 spiro atoms. The molecule has 0 radical (unpaired) electrons. The minimum absolute atomic E-state index is 0.176. The van der Waals surface area contributed by atoms with Crippen LogP contribution in [0.3, 0.4) is 0 Å². The van der Waals surface area contributed by atoms with Gasteiger partial charge in [0.05, 0.1) is 4.90 Å². The molecular formula is C17H25N3O3S2. The normalized spacial score (nSPS) is 23.6.